The molecule has 0 unspecified atom stereocenters. The van der Waals surface area contributed by atoms with Crippen molar-refractivity contribution in [2.24, 2.45) is 0 Å². The van der Waals surface area contributed by atoms with E-state index in [9.17, 15) is 24.0 Å². The van der Waals surface area contributed by atoms with Crippen molar-refractivity contribution < 1.29 is 39.3 Å². The van der Waals surface area contributed by atoms with E-state index in [2.05, 4.69) is 0 Å². The number of hydrogen-bond acceptors (Lipinski definition) is 5. The van der Waals surface area contributed by atoms with Gasteiger partial charge < -0.3 is 26.0 Å². The summed E-state index contributed by atoms with van der Waals surface area (Å²) in [6.07, 6.45) is -1.63. The SMILES string of the molecule is O=C(O)CNC(=O)CC(=O)N[C@H](CC(=O)O)C(=O)O. The monoisotopic (exact) mass is 276 g/mol. The maximum atomic E-state index is 11.2. The van der Waals surface area contributed by atoms with Crippen LogP contribution in [-0.2, 0) is 24.0 Å². The molecule has 0 rings (SSSR count). The molecule has 0 saturated carbocycles. The maximum absolute atomic E-state index is 11.2. The minimum Gasteiger partial charge on any atom is -0.481 e. The van der Waals surface area contributed by atoms with Crippen LogP contribution >= 0.6 is 0 Å². The molecule has 0 aliphatic rings. The minimum atomic E-state index is -1.66. The Bertz CT molecular complexity index is 405. The molecular weight excluding hydrogens is 264 g/mol. The van der Waals surface area contributed by atoms with E-state index in [4.69, 9.17) is 15.3 Å². The second-order valence-electron chi connectivity index (χ2n) is 3.40. The molecule has 0 radical (unpaired) electrons. The number of rotatable bonds is 8. The predicted molar refractivity (Wildman–Crippen MR) is 57.1 cm³/mol. The fraction of sp³-hybridized carbons (Fsp3) is 0.444. The van der Waals surface area contributed by atoms with E-state index in [1.54, 1.807) is 0 Å². The Morgan fingerprint density at radius 2 is 1.47 bits per heavy atom. The van der Waals surface area contributed by atoms with E-state index >= 15 is 0 Å². The molecule has 0 bridgehead atoms. The van der Waals surface area contributed by atoms with Crippen molar-refractivity contribution in [3.63, 3.8) is 0 Å². The smallest absolute Gasteiger partial charge is 0.326 e. The molecule has 5 N–H and O–H groups in total. The first-order valence-electron chi connectivity index (χ1n) is 4.94. The average molecular weight is 276 g/mol. The van der Waals surface area contributed by atoms with Crippen molar-refractivity contribution >= 4 is 29.7 Å². The first-order valence-corrected chi connectivity index (χ1v) is 4.94. The van der Waals surface area contributed by atoms with Crippen LogP contribution in [0.5, 0.6) is 0 Å². The lowest BCUT2D eigenvalue weighted by Crippen LogP contribution is -2.44. The average Bonchev–Trinajstić information content (AvgIpc) is 2.24. The maximum Gasteiger partial charge on any atom is 0.326 e. The lowest BCUT2D eigenvalue weighted by molar-refractivity contribution is -0.147. The fourth-order valence-corrected chi connectivity index (χ4v) is 1.00. The molecule has 0 heterocycles. The molecule has 1 atom stereocenters. The van der Waals surface area contributed by atoms with Crippen LogP contribution < -0.4 is 10.6 Å². The summed E-state index contributed by atoms with van der Waals surface area (Å²) in [6.45, 7) is -0.677. The molecule has 106 valence electrons. The lowest BCUT2D eigenvalue weighted by Gasteiger charge is -2.11. The standard InChI is InChI=1S/C9H12N2O8/c12-5(10-3-8(16)17)2-6(13)11-4(9(18)19)1-7(14)15/h4H,1-3H2,(H,10,12)(H,11,13)(H,14,15)(H,16,17)(H,18,19)/t4-/m1/s1. The van der Waals surface area contributed by atoms with E-state index in [1.807, 2.05) is 10.6 Å². The van der Waals surface area contributed by atoms with Crippen LogP contribution in [0, 0.1) is 0 Å². The van der Waals surface area contributed by atoms with Gasteiger partial charge in [0.25, 0.3) is 0 Å². The van der Waals surface area contributed by atoms with Crippen molar-refractivity contribution in [2.75, 3.05) is 6.54 Å². The fourth-order valence-electron chi connectivity index (χ4n) is 1.00. The van der Waals surface area contributed by atoms with Gasteiger partial charge >= 0.3 is 17.9 Å². The third-order valence-electron chi connectivity index (χ3n) is 1.77. The molecule has 10 nitrogen and oxygen atoms in total. The van der Waals surface area contributed by atoms with Crippen LogP contribution in [0.4, 0.5) is 0 Å². The summed E-state index contributed by atoms with van der Waals surface area (Å²) < 4.78 is 0. The Morgan fingerprint density at radius 1 is 0.895 bits per heavy atom. The number of carbonyl (C=O) groups excluding carboxylic acids is 2. The third kappa shape index (κ3) is 8.12. The van der Waals surface area contributed by atoms with Crippen molar-refractivity contribution in [1.29, 1.82) is 0 Å². The molecule has 0 spiro atoms. The van der Waals surface area contributed by atoms with E-state index in [0.717, 1.165) is 0 Å². The van der Waals surface area contributed by atoms with Gasteiger partial charge in [0.15, 0.2) is 0 Å². The molecule has 0 aliphatic carbocycles. The predicted octanol–water partition coefficient (Wildman–Crippen LogP) is -2.38. The van der Waals surface area contributed by atoms with Crippen LogP contribution in [0.1, 0.15) is 12.8 Å². The van der Waals surface area contributed by atoms with E-state index in [0.29, 0.717) is 0 Å². The number of aliphatic carboxylic acids is 3. The van der Waals surface area contributed by atoms with E-state index in [1.165, 1.54) is 0 Å². The molecule has 2 amide bonds. The topological polar surface area (TPSA) is 170 Å². The Hall–Kier alpha value is -2.65. The normalized spacial score (nSPS) is 11.2. The summed E-state index contributed by atoms with van der Waals surface area (Å²) in [5, 5.41) is 29.0. The summed E-state index contributed by atoms with van der Waals surface area (Å²) in [5.41, 5.74) is 0. The van der Waals surface area contributed by atoms with E-state index < -0.39 is 55.2 Å². The van der Waals surface area contributed by atoms with Crippen molar-refractivity contribution in [3.05, 3.63) is 0 Å². The second-order valence-corrected chi connectivity index (χ2v) is 3.40. The van der Waals surface area contributed by atoms with Crippen LogP contribution in [0.25, 0.3) is 0 Å². The van der Waals surface area contributed by atoms with E-state index in [-0.39, 0.29) is 0 Å². The Labute approximate surface area is 106 Å². The Morgan fingerprint density at radius 3 is 1.89 bits per heavy atom. The van der Waals surface area contributed by atoms with Gasteiger partial charge in [-0.05, 0) is 0 Å². The third-order valence-corrected chi connectivity index (χ3v) is 1.77. The summed E-state index contributed by atoms with van der Waals surface area (Å²) in [5.74, 6) is -6.22. The van der Waals surface area contributed by atoms with Gasteiger partial charge in [0.1, 0.15) is 19.0 Å². The summed E-state index contributed by atoms with van der Waals surface area (Å²) >= 11 is 0. The highest BCUT2D eigenvalue weighted by molar-refractivity contribution is 5.99. The molecule has 0 aromatic heterocycles. The molecule has 0 saturated heterocycles. The van der Waals surface area contributed by atoms with Gasteiger partial charge in [-0.3, -0.25) is 19.2 Å². The Kier molecular flexibility index (Phi) is 6.57. The molecule has 0 fully saturated rings. The van der Waals surface area contributed by atoms with Gasteiger partial charge in [0, 0.05) is 0 Å². The van der Waals surface area contributed by atoms with Gasteiger partial charge in [-0.25, -0.2) is 4.79 Å². The van der Waals surface area contributed by atoms with Gasteiger partial charge in [0.2, 0.25) is 11.8 Å². The lowest BCUT2D eigenvalue weighted by atomic mass is 10.2. The summed E-state index contributed by atoms with van der Waals surface area (Å²) in [7, 11) is 0. The zero-order valence-electron chi connectivity index (χ0n) is 9.58. The van der Waals surface area contributed by atoms with Crippen molar-refractivity contribution in [1.82, 2.24) is 10.6 Å². The number of carboxylic acid groups (broad SMARTS) is 3. The zero-order valence-corrected chi connectivity index (χ0v) is 9.58. The zero-order chi connectivity index (χ0) is 15.0. The first-order chi connectivity index (χ1) is 8.72. The highest BCUT2D eigenvalue weighted by atomic mass is 16.4. The van der Waals surface area contributed by atoms with Crippen molar-refractivity contribution in [3.8, 4) is 0 Å². The van der Waals surface area contributed by atoms with Gasteiger partial charge in [-0.15, -0.1) is 0 Å². The quantitative estimate of drug-likeness (QED) is 0.306. The minimum absolute atomic E-state index is 0.677. The molecular formula is C9H12N2O8. The molecule has 0 aromatic carbocycles. The number of nitrogens with one attached hydrogen (secondary N) is 2. The summed E-state index contributed by atoms with van der Waals surface area (Å²) in [6, 6.07) is -1.66. The molecule has 0 aliphatic heterocycles. The van der Waals surface area contributed by atoms with Gasteiger partial charge in [-0.2, -0.15) is 0 Å². The van der Waals surface area contributed by atoms with Crippen LogP contribution in [0.15, 0.2) is 0 Å². The largest absolute Gasteiger partial charge is 0.481 e. The number of carbonyl (C=O) groups is 5. The second kappa shape index (κ2) is 7.63. The first kappa shape index (κ1) is 16.4. The van der Waals surface area contributed by atoms with Crippen LogP contribution in [0.2, 0.25) is 0 Å². The van der Waals surface area contributed by atoms with Crippen LogP contribution in [0.3, 0.4) is 0 Å². The van der Waals surface area contributed by atoms with Crippen LogP contribution in [-0.4, -0.2) is 57.6 Å². The highest BCUT2D eigenvalue weighted by Crippen LogP contribution is 1.94. The summed E-state index contributed by atoms with van der Waals surface area (Å²) in [4.78, 5) is 53.3. The van der Waals surface area contributed by atoms with Gasteiger partial charge in [-0.1, -0.05) is 0 Å². The number of carboxylic acids is 3. The van der Waals surface area contributed by atoms with Gasteiger partial charge in [0.05, 0.1) is 6.42 Å². The molecule has 0 aromatic rings. The number of amides is 2. The molecule has 19 heavy (non-hydrogen) atoms. The van der Waals surface area contributed by atoms with Crippen molar-refractivity contribution in [2.45, 2.75) is 18.9 Å². The highest BCUT2D eigenvalue weighted by Gasteiger charge is 2.23. The molecule has 10 heteroatoms. The Balaban J connectivity index is 4.26. The number of hydrogen-bond donors (Lipinski definition) is 5.